The van der Waals surface area contributed by atoms with E-state index in [4.69, 9.17) is 11.6 Å². The van der Waals surface area contributed by atoms with Crippen molar-refractivity contribution in [1.29, 1.82) is 0 Å². The van der Waals surface area contributed by atoms with Crippen LogP contribution in [-0.4, -0.2) is 21.3 Å². The second kappa shape index (κ2) is 5.98. The normalized spacial score (nSPS) is 10.8. The molecule has 0 fully saturated rings. The second-order valence-corrected chi connectivity index (χ2v) is 4.62. The number of pyridine rings is 1. The molecular formula is C13H17ClN4. The van der Waals surface area contributed by atoms with Gasteiger partial charge in [-0.3, -0.25) is 0 Å². The molecule has 0 aliphatic heterocycles. The van der Waals surface area contributed by atoms with Crippen LogP contribution < -0.4 is 5.32 Å². The average Bonchev–Trinajstić information content (AvgIpc) is 2.78. The van der Waals surface area contributed by atoms with Crippen LogP contribution in [0.2, 0.25) is 5.02 Å². The zero-order chi connectivity index (χ0) is 13.0. The number of halogens is 1. The lowest BCUT2D eigenvalue weighted by Gasteiger charge is -2.08. The van der Waals surface area contributed by atoms with Crippen LogP contribution in [0.4, 0.5) is 0 Å². The van der Waals surface area contributed by atoms with Gasteiger partial charge in [0.2, 0.25) is 0 Å². The molecular weight excluding hydrogens is 248 g/mol. The van der Waals surface area contributed by atoms with Gasteiger partial charge in [-0.1, -0.05) is 18.5 Å². The maximum atomic E-state index is 6.14. The lowest BCUT2D eigenvalue weighted by atomic mass is 10.2. The van der Waals surface area contributed by atoms with Crippen LogP contribution in [-0.2, 0) is 6.54 Å². The van der Waals surface area contributed by atoms with Gasteiger partial charge in [-0.25, -0.2) is 9.67 Å². The van der Waals surface area contributed by atoms with Crippen molar-refractivity contribution in [1.82, 2.24) is 20.1 Å². The summed E-state index contributed by atoms with van der Waals surface area (Å²) in [5.41, 5.74) is 2.01. The van der Waals surface area contributed by atoms with E-state index in [9.17, 15) is 0 Å². The highest BCUT2D eigenvalue weighted by atomic mass is 35.5. The molecule has 0 bridgehead atoms. The van der Waals surface area contributed by atoms with Crippen molar-refractivity contribution in [2.45, 2.75) is 26.8 Å². The van der Waals surface area contributed by atoms with Gasteiger partial charge in [-0.2, -0.15) is 5.10 Å². The number of aryl methyl sites for hydroxylation is 1. The van der Waals surface area contributed by atoms with Crippen molar-refractivity contribution in [3.05, 3.63) is 40.8 Å². The summed E-state index contributed by atoms with van der Waals surface area (Å²) in [7, 11) is 0. The highest BCUT2D eigenvalue weighted by Crippen LogP contribution is 2.17. The highest BCUT2D eigenvalue weighted by Gasteiger charge is 2.05. The van der Waals surface area contributed by atoms with Crippen molar-refractivity contribution < 1.29 is 0 Å². The Balaban J connectivity index is 2.20. The first kappa shape index (κ1) is 13.1. The third-order valence-corrected chi connectivity index (χ3v) is 2.96. The van der Waals surface area contributed by atoms with E-state index in [0.29, 0.717) is 5.02 Å². The Bertz CT molecular complexity index is 521. The lowest BCUT2D eigenvalue weighted by molar-refractivity contribution is 0.673. The zero-order valence-electron chi connectivity index (χ0n) is 10.7. The molecule has 0 amide bonds. The fourth-order valence-corrected chi connectivity index (χ4v) is 1.84. The van der Waals surface area contributed by atoms with Crippen molar-refractivity contribution >= 4 is 11.6 Å². The van der Waals surface area contributed by atoms with E-state index in [1.807, 2.05) is 25.3 Å². The first-order chi connectivity index (χ1) is 8.70. The summed E-state index contributed by atoms with van der Waals surface area (Å²) in [6.45, 7) is 5.83. The second-order valence-electron chi connectivity index (χ2n) is 4.21. The van der Waals surface area contributed by atoms with E-state index in [-0.39, 0.29) is 0 Å². The maximum absolute atomic E-state index is 6.14. The number of nitrogens with one attached hydrogen (secondary N) is 1. The lowest BCUT2D eigenvalue weighted by Crippen LogP contribution is -2.14. The number of hydrogen-bond acceptors (Lipinski definition) is 3. The van der Waals surface area contributed by atoms with Gasteiger partial charge in [0.15, 0.2) is 5.82 Å². The Morgan fingerprint density at radius 2 is 2.28 bits per heavy atom. The fraction of sp³-hybridized carbons (Fsp3) is 0.385. The Morgan fingerprint density at radius 3 is 2.94 bits per heavy atom. The summed E-state index contributed by atoms with van der Waals surface area (Å²) in [5, 5.41) is 8.36. The molecule has 1 N–H and O–H groups in total. The van der Waals surface area contributed by atoms with Crippen LogP contribution in [0.25, 0.3) is 5.82 Å². The first-order valence-corrected chi connectivity index (χ1v) is 6.46. The molecule has 96 valence electrons. The molecule has 2 heterocycles. The van der Waals surface area contributed by atoms with Crippen LogP contribution in [0.3, 0.4) is 0 Å². The summed E-state index contributed by atoms with van der Waals surface area (Å²) < 4.78 is 1.76. The van der Waals surface area contributed by atoms with Crippen molar-refractivity contribution in [2.75, 3.05) is 6.54 Å². The molecule has 5 heteroatoms. The molecule has 0 radical (unpaired) electrons. The fourth-order valence-electron chi connectivity index (χ4n) is 1.67. The molecule has 2 rings (SSSR count). The highest BCUT2D eigenvalue weighted by molar-refractivity contribution is 6.31. The van der Waals surface area contributed by atoms with Gasteiger partial charge < -0.3 is 5.32 Å². The van der Waals surface area contributed by atoms with Gasteiger partial charge in [0.1, 0.15) is 0 Å². The van der Waals surface area contributed by atoms with E-state index in [2.05, 4.69) is 22.3 Å². The van der Waals surface area contributed by atoms with E-state index in [0.717, 1.165) is 36.6 Å². The number of rotatable bonds is 5. The number of hydrogen-bond donors (Lipinski definition) is 1. The first-order valence-electron chi connectivity index (χ1n) is 6.08. The number of nitrogens with zero attached hydrogens (tertiary/aromatic N) is 3. The minimum Gasteiger partial charge on any atom is -0.313 e. The predicted molar refractivity (Wildman–Crippen MR) is 73.1 cm³/mol. The molecule has 2 aromatic rings. The standard InChI is InChI=1S/C13H17ClN4/c1-3-5-15-8-11-7-13(16-9-12(11)14)18-6-4-10(2)17-18/h4,6-7,9,15H,3,5,8H2,1-2H3. The summed E-state index contributed by atoms with van der Waals surface area (Å²) in [6, 6.07) is 3.92. The van der Waals surface area contributed by atoms with Gasteiger partial charge in [0.25, 0.3) is 0 Å². The molecule has 0 spiro atoms. The van der Waals surface area contributed by atoms with Crippen LogP contribution in [0, 0.1) is 6.92 Å². The van der Waals surface area contributed by atoms with Gasteiger partial charge in [-0.05, 0) is 37.6 Å². The summed E-state index contributed by atoms with van der Waals surface area (Å²) in [4.78, 5) is 4.29. The molecule has 18 heavy (non-hydrogen) atoms. The SMILES string of the molecule is CCCNCc1cc(-n2ccc(C)n2)ncc1Cl. The van der Waals surface area contributed by atoms with Gasteiger partial charge >= 0.3 is 0 Å². The van der Waals surface area contributed by atoms with Crippen molar-refractivity contribution in [3.8, 4) is 5.82 Å². The zero-order valence-corrected chi connectivity index (χ0v) is 11.4. The Hall–Kier alpha value is -1.39. The average molecular weight is 265 g/mol. The van der Waals surface area contributed by atoms with Crippen molar-refractivity contribution in [2.24, 2.45) is 0 Å². The largest absolute Gasteiger partial charge is 0.313 e. The Kier molecular flexibility index (Phi) is 4.33. The van der Waals surface area contributed by atoms with Crippen LogP contribution in [0.15, 0.2) is 24.5 Å². The molecule has 0 atom stereocenters. The molecule has 0 aliphatic carbocycles. The Morgan fingerprint density at radius 1 is 1.44 bits per heavy atom. The van der Waals surface area contributed by atoms with Crippen LogP contribution in [0.1, 0.15) is 24.6 Å². The van der Waals surface area contributed by atoms with Gasteiger partial charge in [0, 0.05) is 18.9 Å². The molecule has 2 aromatic heterocycles. The quantitative estimate of drug-likeness (QED) is 0.845. The Labute approximate surface area is 112 Å². The van der Waals surface area contributed by atoms with Crippen molar-refractivity contribution in [3.63, 3.8) is 0 Å². The summed E-state index contributed by atoms with van der Waals surface area (Å²) in [5.74, 6) is 0.792. The molecule has 4 nitrogen and oxygen atoms in total. The smallest absolute Gasteiger partial charge is 0.153 e. The summed E-state index contributed by atoms with van der Waals surface area (Å²) >= 11 is 6.14. The van der Waals surface area contributed by atoms with Crippen LogP contribution in [0.5, 0.6) is 0 Å². The van der Waals surface area contributed by atoms with Gasteiger partial charge in [-0.15, -0.1) is 0 Å². The van der Waals surface area contributed by atoms with E-state index in [1.54, 1.807) is 10.9 Å². The molecule has 0 aromatic carbocycles. The predicted octanol–water partition coefficient (Wildman–Crippen LogP) is 2.73. The molecule has 0 saturated carbocycles. The molecule has 0 unspecified atom stereocenters. The molecule has 0 saturated heterocycles. The minimum atomic E-state index is 0.686. The third-order valence-electron chi connectivity index (χ3n) is 2.62. The van der Waals surface area contributed by atoms with E-state index < -0.39 is 0 Å². The van der Waals surface area contributed by atoms with E-state index in [1.165, 1.54) is 0 Å². The van der Waals surface area contributed by atoms with Crippen LogP contribution >= 0.6 is 11.6 Å². The third kappa shape index (κ3) is 3.09. The van der Waals surface area contributed by atoms with E-state index >= 15 is 0 Å². The summed E-state index contributed by atoms with van der Waals surface area (Å²) in [6.07, 6.45) is 4.68. The minimum absolute atomic E-state index is 0.686. The molecule has 0 aliphatic rings. The number of aromatic nitrogens is 3. The van der Waals surface area contributed by atoms with Gasteiger partial charge in [0.05, 0.1) is 10.7 Å². The monoisotopic (exact) mass is 264 g/mol. The topological polar surface area (TPSA) is 42.7 Å². The maximum Gasteiger partial charge on any atom is 0.153 e.